The Morgan fingerprint density at radius 3 is 2.42 bits per heavy atom. The molecule has 5 aromatic rings. The van der Waals surface area contributed by atoms with Gasteiger partial charge in [0, 0.05) is 16.8 Å². The fraction of sp³-hybridized carbons (Fsp3) is 0.269. The van der Waals surface area contributed by atoms with E-state index in [1.54, 1.807) is 6.07 Å². The molecule has 0 amide bonds. The van der Waals surface area contributed by atoms with Gasteiger partial charge in [0.25, 0.3) is 5.65 Å². The SMILES string of the molecule is CCC1(CC)CC[n+]2c3ccccc3n3c4cc(F)c(F)cc4c4cc(F)cc1c4c32. The molecule has 0 aliphatic carbocycles. The Morgan fingerprint density at radius 1 is 0.903 bits per heavy atom. The fourth-order valence-corrected chi connectivity index (χ4v) is 5.81. The van der Waals surface area contributed by atoms with Gasteiger partial charge in [-0.2, -0.15) is 4.40 Å². The monoisotopic (exact) mass is 419 g/mol. The minimum absolute atomic E-state index is 0.180. The van der Waals surface area contributed by atoms with E-state index in [2.05, 4.69) is 24.5 Å². The Bertz CT molecular complexity index is 1540. The topological polar surface area (TPSA) is 8.29 Å². The van der Waals surface area contributed by atoms with Crippen LogP contribution in [0.15, 0.2) is 48.5 Å². The second kappa shape index (κ2) is 6.22. The number of hydrogen-bond acceptors (Lipinski definition) is 0. The van der Waals surface area contributed by atoms with Crippen LogP contribution in [-0.4, -0.2) is 4.40 Å². The van der Waals surface area contributed by atoms with Crippen LogP contribution in [0.5, 0.6) is 0 Å². The number of fused-ring (bicyclic) bond motifs is 6. The third kappa shape index (κ3) is 2.26. The number of para-hydroxylation sites is 2. The van der Waals surface area contributed by atoms with Gasteiger partial charge in [0.15, 0.2) is 22.7 Å². The first kappa shape index (κ1) is 18.7. The second-order valence-corrected chi connectivity index (χ2v) is 8.70. The zero-order valence-corrected chi connectivity index (χ0v) is 17.5. The van der Waals surface area contributed by atoms with Crippen molar-refractivity contribution in [1.29, 1.82) is 0 Å². The van der Waals surface area contributed by atoms with Crippen molar-refractivity contribution < 1.29 is 17.7 Å². The number of benzene rings is 3. The summed E-state index contributed by atoms with van der Waals surface area (Å²) in [6.07, 6.45) is 2.64. The van der Waals surface area contributed by atoms with E-state index in [1.165, 1.54) is 18.2 Å². The van der Waals surface area contributed by atoms with Crippen LogP contribution < -0.4 is 4.57 Å². The van der Waals surface area contributed by atoms with Crippen LogP contribution in [0.4, 0.5) is 13.2 Å². The van der Waals surface area contributed by atoms with Crippen LogP contribution >= 0.6 is 0 Å². The first-order valence-corrected chi connectivity index (χ1v) is 10.9. The minimum Gasteiger partial charge on any atom is -0.222 e. The number of rotatable bonds is 2. The molecule has 0 fully saturated rings. The van der Waals surface area contributed by atoms with Gasteiger partial charge in [-0.25, -0.2) is 17.7 Å². The Kier molecular flexibility index (Phi) is 3.75. The molecule has 0 saturated heterocycles. The summed E-state index contributed by atoms with van der Waals surface area (Å²) in [5, 5.41) is 2.11. The van der Waals surface area contributed by atoms with E-state index in [1.807, 2.05) is 22.6 Å². The molecule has 3 aromatic carbocycles. The molecule has 2 nitrogen and oxygen atoms in total. The number of imidazole rings is 1. The molecule has 1 aliphatic heterocycles. The summed E-state index contributed by atoms with van der Waals surface area (Å²) < 4.78 is 48.1. The highest BCUT2D eigenvalue weighted by Gasteiger charge is 2.39. The van der Waals surface area contributed by atoms with Crippen molar-refractivity contribution in [3.8, 4) is 0 Å². The van der Waals surface area contributed by atoms with Crippen LogP contribution in [0, 0.1) is 17.5 Å². The van der Waals surface area contributed by atoms with E-state index in [0.717, 1.165) is 53.4 Å². The summed E-state index contributed by atoms with van der Waals surface area (Å²) in [4.78, 5) is 0. The molecule has 0 unspecified atom stereocenters. The van der Waals surface area contributed by atoms with Crippen molar-refractivity contribution in [2.75, 3.05) is 0 Å². The third-order valence-electron chi connectivity index (χ3n) is 7.52. The van der Waals surface area contributed by atoms with Crippen LogP contribution in [0.3, 0.4) is 0 Å². The molecule has 0 spiro atoms. The van der Waals surface area contributed by atoms with Gasteiger partial charge in [0.2, 0.25) is 0 Å². The normalized spacial score (nSPS) is 15.5. The lowest BCUT2D eigenvalue weighted by Crippen LogP contribution is -2.36. The third-order valence-corrected chi connectivity index (χ3v) is 7.52. The van der Waals surface area contributed by atoms with E-state index in [0.29, 0.717) is 16.3 Å². The molecule has 0 bridgehead atoms. The van der Waals surface area contributed by atoms with E-state index >= 15 is 0 Å². The molecule has 0 atom stereocenters. The highest BCUT2D eigenvalue weighted by atomic mass is 19.2. The predicted octanol–water partition coefficient (Wildman–Crippen LogP) is 6.57. The Hall–Kier alpha value is -3.08. The fourth-order valence-electron chi connectivity index (χ4n) is 5.81. The molecule has 0 radical (unpaired) electrons. The number of nitrogens with zero attached hydrogens (tertiary/aromatic N) is 2. The lowest BCUT2D eigenvalue weighted by Gasteiger charge is -2.31. The zero-order valence-electron chi connectivity index (χ0n) is 17.5. The summed E-state index contributed by atoms with van der Waals surface area (Å²) in [5.41, 5.74) is 4.24. The van der Waals surface area contributed by atoms with Gasteiger partial charge in [-0.05, 0) is 60.6 Å². The van der Waals surface area contributed by atoms with Gasteiger partial charge >= 0.3 is 0 Å². The smallest absolute Gasteiger partial charge is 0.222 e. The van der Waals surface area contributed by atoms with Gasteiger partial charge in [0.05, 0.1) is 11.9 Å². The summed E-state index contributed by atoms with van der Waals surface area (Å²) in [6.45, 7) is 5.08. The van der Waals surface area contributed by atoms with Crippen LogP contribution in [0.1, 0.15) is 38.7 Å². The first-order valence-electron chi connectivity index (χ1n) is 10.9. The number of hydrogen-bond donors (Lipinski definition) is 0. The minimum atomic E-state index is -0.921. The number of pyridine rings is 1. The Labute approximate surface area is 177 Å². The van der Waals surface area contributed by atoms with Crippen molar-refractivity contribution in [2.45, 2.75) is 45.1 Å². The molecule has 0 saturated carbocycles. The average Bonchev–Trinajstić information content (AvgIpc) is 3.02. The molecule has 3 heterocycles. The number of halogens is 3. The van der Waals surface area contributed by atoms with E-state index in [-0.39, 0.29) is 11.2 Å². The maximum Gasteiger partial charge on any atom is 0.296 e. The highest BCUT2D eigenvalue weighted by molar-refractivity contribution is 6.14. The van der Waals surface area contributed by atoms with Gasteiger partial charge in [0.1, 0.15) is 11.3 Å². The number of aromatic nitrogens is 2. The largest absolute Gasteiger partial charge is 0.296 e. The van der Waals surface area contributed by atoms with Crippen molar-refractivity contribution in [1.82, 2.24) is 4.40 Å². The maximum atomic E-state index is 15.0. The second-order valence-electron chi connectivity index (χ2n) is 8.70. The predicted molar refractivity (Wildman–Crippen MR) is 117 cm³/mol. The lowest BCUT2D eigenvalue weighted by atomic mass is 9.72. The maximum absolute atomic E-state index is 15.0. The Morgan fingerprint density at radius 2 is 1.65 bits per heavy atom. The highest BCUT2D eigenvalue weighted by Crippen LogP contribution is 2.45. The summed E-state index contributed by atoms with van der Waals surface area (Å²) in [7, 11) is 0. The first-order chi connectivity index (χ1) is 15.0. The summed E-state index contributed by atoms with van der Waals surface area (Å²) in [5.74, 6) is -2.16. The van der Waals surface area contributed by atoms with Gasteiger partial charge in [-0.15, -0.1) is 0 Å². The molecule has 0 N–H and O–H groups in total. The molecule has 1 aliphatic rings. The lowest BCUT2D eigenvalue weighted by molar-refractivity contribution is -0.646. The molecular weight excluding hydrogens is 397 g/mol. The molecule has 6 rings (SSSR count). The van der Waals surface area contributed by atoms with Gasteiger partial charge < -0.3 is 0 Å². The summed E-state index contributed by atoms with van der Waals surface area (Å²) in [6, 6.07) is 13.6. The molecule has 31 heavy (non-hydrogen) atoms. The van der Waals surface area contributed by atoms with Gasteiger partial charge in [-0.1, -0.05) is 26.0 Å². The zero-order chi connectivity index (χ0) is 21.5. The average molecular weight is 419 g/mol. The summed E-state index contributed by atoms with van der Waals surface area (Å²) >= 11 is 0. The van der Waals surface area contributed by atoms with E-state index in [9.17, 15) is 13.2 Å². The number of aryl methyl sites for hydroxylation is 1. The van der Waals surface area contributed by atoms with Crippen LogP contribution in [0.2, 0.25) is 0 Å². The Balaban J connectivity index is 2.02. The molecule has 156 valence electrons. The molecule has 2 aromatic heterocycles. The van der Waals surface area contributed by atoms with Crippen molar-refractivity contribution >= 4 is 38.4 Å². The van der Waals surface area contributed by atoms with Crippen LogP contribution in [0.25, 0.3) is 38.4 Å². The van der Waals surface area contributed by atoms with E-state index < -0.39 is 11.6 Å². The van der Waals surface area contributed by atoms with E-state index in [4.69, 9.17) is 0 Å². The van der Waals surface area contributed by atoms with Crippen molar-refractivity contribution in [3.63, 3.8) is 0 Å². The van der Waals surface area contributed by atoms with Crippen molar-refractivity contribution in [2.24, 2.45) is 0 Å². The quantitative estimate of drug-likeness (QED) is 0.226. The van der Waals surface area contributed by atoms with Crippen molar-refractivity contribution in [3.05, 3.63) is 71.5 Å². The van der Waals surface area contributed by atoms with Gasteiger partial charge in [-0.3, -0.25) is 0 Å². The molecular formula is C26H22F3N2+. The molecule has 5 heteroatoms. The standard InChI is InChI=1S/C26H22F3N2/c1-3-26(4-2)9-10-30-21-7-5-6-8-22(21)31-23-14-20(29)19(28)13-16(23)17-11-15(27)12-18(26)24(17)25(30)31/h5-8,11-14H,3-4,9-10H2,1-2H3/q+1. The van der Waals surface area contributed by atoms with Crippen LogP contribution in [-0.2, 0) is 12.0 Å².